The predicted octanol–water partition coefficient (Wildman–Crippen LogP) is 1.48. The number of nitrogens with one attached hydrogen (secondary N) is 2. The minimum atomic E-state index is -1.83. The summed E-state index contributed by atoms with van der Waals surface area (Å²) in [7, 11) is 0. The van der Waals surface area contributed by atoms with Crippen molar-refractivity contribution in [3.05, 3.63) is 59.7 Å². The molecular weight excluding hydrogens is 400 g/mol. The topological polar surface area (TPSA) is 125 Å². The molecule has 8 nitrogen and oxygen atoms in total. The average molecular weight is 422 g/mol. The van der Waals surface area contributed by atoms with Gasteiger partial charge in [-0.05, 0) is 35.1 Å². The molecule has 0 aromatic heterocycles. The van der Waals surface area contributed by atoms with Gasteiger partial charge in [0.1, 0.15) is 6.61 Å². The normalized spacial score (nSPS) is 13.6. The number of amides is 2. The van der Waals surface area contributed by atoms with Gasteiger partial charge in [0.25, 0.3) is 5.91 Å². The Kier molecular flexibility index (Phi) is 6.58. The van der Waals surface area contributed by atoms with Gasteiger partial charge in [0.15, 0.2) is 5.54 Å². The molecule has 2 aromatic carbocycles. The third kappa shape index (κ3) is 4.85. The first-order valence-corrected chi connectivity index (χ1v) is 9.60. The molecule has 0 bridgehead atoms. The van der Waals surface area contributed by atoms with Gasteiger partial charge < -0.3 is 25.6 Å². The number of aliphatic hydroxyl groups is 1. The lowest BCUT2D eigenvalue weighted by Crippen LogP contribution is -2.54. The molecule has 1 aliphatic rings. The van der Waals surface area contributed by atoms with E-state index in [1.54, 1.807) is 0 Å². The summed E-state index contributed by atoms with van der Waals surface area (Å²) >= 11 is 0. The van der Waals surface area contributed by atoms with Gasteiger partial charge >= 0.3 is 12.1 Å². The minimum Gasteiger partial charge on any atom is -0.479 e. The highest BCUT2D eigenvalue weighted by Crippen LogP contribution is 2.44. The molecule has 0 spiro atoms. The van der Waals surface area contributed by atoms with Crippen LogP contribution < -0.4 is 10.6 Å². The summed E-state index contributed by atoms with van der Waals surface area (Å²) in [6, 6.07) is 16.0. The Labute approximate surface area is 179 Å². The maximum atomic E-state index is 12.0. The fourth-order valence-electron chi connectivity index (χ4n) is 3.33. The molecule has 0 saturated heterocycles. The van der Waals surface area contributed by atoms with Crippen molar-refractivity contribution < 1.29 is 29.3 Å². The molecule has 160 valence electrons. The second-order valence-corrected chi connectivity index (χ2v) is 7.23. The van der Waals surface area contributed by atoms with Gasteiger partial charge in [0.2, 0.25) is 0 Å². The smallest absolute Gasteiger partial charge is 0.407 e. The molecule has 1 aliphatic carbocycles. The number of carboxylic acid groups (broad SMARTS) is 1. The molecule has 0 radical (unpaired) electrons. The van der Waals surface area contributed by atoms with E-state index in [-0.39, 0.29) is 19.1 Å². The van der Waals surface area contributed by atoms with E-state index in [4.69, 9.17) is 14.9 Å². The highest BCUT2D eigenvalue weighted by Gasteiger charge is 2.33. The Hall–Kier alpha value is -3.83. The lowest BCUT2D eigenvalue weighted by Gasteiger charge is -2.21. The van der Waals surface area contributed by atoms with Crippen molar-refractivity contribution in [2.75, 3.05) is 19.8 Å². The van der Waals surface area contributed by atoms with E-state index in [2.05, 4.69) is 22.5 Å². The number of aliphatic carboxylic acids is 1. The molecule has 0 heterocycles. The number of carboxylic acids is 1. The van der Waals surface area contributed by atoms with Crippen LogP contribution in [-0.4, -0.2) is 53.5 Å². The zero-order valence-electron chi connectivity index (χ0n) is 16.8. The van der Waals surface area contributed by atoms with Crippen LogP contribution in [0.25, 0.3) is 11.1 Å². The molecule has 31 heavy (non-hydrogen) atoms. The Morgan fingerprint density at radius 2 is 1.65 bits per heavy atom. The summed E-state index contributed by atoms with van der Waals surface area (Å²) in [6.07, 6.45) is -0.678. The van der Waals surface area contributed by atoms with Crippen molar-refractivity contribution >= 4 is 18.0 Å². The summed E-state index contributed by atoms with van der Waals surface area (Å²) in [5, 5.41) is 22.6. The highest BCUT2D eigenvalue weighted by molar-refractivity contribution is 5.97. The average Bonchev–Trinajstić information content (AvgIpc) is 3.09. The van der Waals surface area contributed by atoms with Crippen molar-refractivity contribution in [2.45, 2.75) is 18.4 Å². The lowest BCUT2D eigenvalue weighted by molar-refractivity contribution is -0.147. The first kappa shape index (κ1) is 21.9. The molecule has 8 heteroatoms. The van der Waals surface area contributed by atoms with Crippen LogP contribution in [0.15, 0.2) is 48.5 Å². The molecular formula is C23H22N2O6. The monoisotopic (exact) mass is 422 g/mol. The van der Waals surface area contributed by atoms with Crippen LogP contribution in [0.4, 0.5) is 4.79 Å². The number of hydrogen-bond donors (Lipinski definition) is 4. The maximum absolute atomic E-state index is 12.0. The molecule has 2 aromatic rings. The van der Waals surface area contributed by atoms with Crippen LogP contribution in [0.2, 0.25) is 0 Å². The molecule has 2 amide bonds. The van der Waals surface area contributed by atoms with Crippen LogP contribution >= 0.6 is 0 Å². The number of ether oxygens (including phenoxy) is 1. The highest BCUT2D eigenvalue weighted by atomic mass is 16.5. The number of carbonyl (C=O) groups excluding carboxylic acids is 2. The summed E-state index contributed by atoms with van der Waals surface area (Å²) in [5.41, 5.74) is 2.61. The van der Waals surface area contributed by atoms with Crippen molar-refractivity contribution in [1.29, 1.82) is 0 Å². The van der Waals surface area contributed by atoms with Crippen LogP contribution in [0, 0.1) is 11.8 Å². The number of alkyl carbamates (subject to hydrolysis) is 1. The van der Waals surface area contributed by atoms with E-state index >= 15 is 0 Å². The predicted molar refractivity (Wildman–Crippen MR) is 112 cm³/mol. The third-order valence-corrected chi connectivity index (χ3v) is 5.04. The van der Waals surface area contributed by atoms with Crippen molar-refractivity contribution in [2.24, 2.45) is 0 Å². The number of hydrogen-bond acceptors (Lipinski definition) is 5. The van der Waals surface area contributed by atoms with Gasteiger partial charge in [-0.2, -0.15) is 0 Å². The number of fused-ring (bicyclic) bond motifs is 3. The molecule has 3 rings (SSSR count). The zero-order chi connectivity index (χ0) is 22.4. The summed E-state index contributed by atoms with van der Waals surface area (Å²) in [4.78, 5) is 34.8. The van der Waals surface area contributed by atoms with Gasteiger partial charge in [-0.3, -0.25) is 4.79 Å². The van der Waals surface area contributed by atoms with E-state index in [0.717, 1.165) is 29.2 Å². The summed E-state index contributed by atoms with van der Waals surface area (Å²) in [6.45, 7) is 0.367. The summed E-state index contributed by atoms with van der Waals surface area (Å²) in [5.74, 6) is 2.24. The van der Waals surface area contributed by atoms with Crippen molar-refractivity contribution in [1.82, 2.24) is 10.6 Å². The lowest BCUT2D eigenvalue weighted by atomic mass is 9.98. The number of carbonyl (C=O) groups is 3. The van der Waals surface area contributed by atoms with Gasteiger partial charge in [0.05, 0.1) is 13.2 Å². The van der Waals surface area contributed by atoms with Gasteiger partial charge in [0, 0.05) is 5.92 Å². The molecule has 0 aliphatic heterocycles. The van der Waals surface area contributed by atoms with Gasteiger partial charge in [-0.25, -0.2) is 9.59 Å². The quantitative estimate of drug-likeness (QED) is 0.523. The van der Waals surface area contributed by atoms with Gasteiger partial charge in [-0.15, -0.1) is 0 Å². The molecule has 1 unspecified atom stereocenters. The second-order valence-electron chi connectivity index (χ2n) is 7.23. The Morgan fingerprint density at radius 3 is 2.19 bits per heavy atom. The fourth-order valence-corrected chi connectivity index (χ4v) is 3.33. The number of rotatable bonds is 6. The summed E-state index contributed by atoms with van der Waals surface area (Å²) < 4.78 is 5.35. The van der Waals surface area contributed by atoms with Crippen LogP contribution in [0.1, 0.15) is 24.0 Å². The van der Waals surface area contributed by atoms with Crippen LogP contribution in [0.3, 0.4) is 0 Å². The van der Waals surface area contributed by atoms with E-state index < -0.39 is 30.1 Å². The number of aliphatic hydroxyl groups excluding tert-OH is 1. The third-order valence-electron chi connectivity index (χ3n) is 5.04. The fraction of sp³-hybridized carbons (Fsp3) is 0.261. The van der Waals surface area contributed by atoms with Gasteiger partial charge in [-0.1, -0.05) is 54.5 Å². The Morgan fingerprint density at radius 1 is 1.06 bits per heavy atom. The van der Waals surface area contributed by atoms with Crippen molar-refractivity contribution in [3.63, 3.8) is 0 Å². The second kappa shape index (κ2) is 9.32. The molecule has 4 N–H and O–H groups in total. The Balaban J connectivity index is 1.52. The molecule has 1 atom stereocenters. The van der Waals surface area contributed by atoms with E-state index in [0.29, 0.717) is 0 Å². The molecule has 0 fully saturated rings. The van der Waals surface area contributed by atoms with E-state index in [1.807, 2.05) is 48.5 Å². The van der Waals surface area contributed by atoms with E-state index in [9.17, 15) is 14.4 Å². The van der Waals surface area contributed by atoms with Crippen molar-refractivity contribution in [3.8, 4) is 23.0 Å². The first-order valence-electron chi connectivity index (χ1n) is 9.60. The SMILES string of the molecule is CC(CO)(NC(=O)C#CCNC(=O)OCC1c2ccccc2-c2ccccc21)C(=O)O. The number of benzene rings is 2. The standard InChI is InChI=1S/C23H22N2O6/c1-23(14-26,21(28)29)25-20(27)11-6-12-24-22(30)31-13-19-17-9-4-2-7-15(17)16-8-3-5-10-18(16)19/h2-5,7-10,19,26H,12-14H2,1H3,(H,24,30)(H,25,27)(H,28,29). The Bertz CT molecular complexity index is 1030. The molecule has 0 saturated carbocycles. The minimum absolute atomic E-state index is 0.0674. The van der Waals surface area contributed by atoms with E-state index in [1.165, 1.54) is 0 Å². The first-order chi connectivity index (χ1) is 14.9. The van der Waals surface area contributed by atoms with Crippen LogP contribution in [-0.2, 0) is 14.3 Å². The zero-order valence-corrected chi connectivity index (χ0v) is 16.8. The maximum Gasteiger partial charge on any atom is 0.407 e. The van der Waals surface area contributed by atoms with Crippen LogP contribution in [0.5, 0.6) is 0 Å². The largest absolute Gasteiger partial charge is 0.479 e.